The zero-order chi connectivity index (χ0) is 14.1. The smallest absolute Gasteiger partial charge is 0.239 e. The Bertz CT molecular complexity index is 313. The second-order valence-electron chi connectivity index (χ2n) is 6.90. The van der Waals surface area contributed by atoms with Crippen LogP contribution in [0.25, 0.3) is 0 Å². The maximum Gasteiger partial charge on any atom is 0.239 e. The van der Waals surface area contributed by atoms with Gasteiger partial charge < -0.3 is 15.1 Å². The molecular formula is C13H28N2O2Si. The van der Waals surface area contributed by atoms with Crippen LogP contribution in [0.5, 0.6) is 0 Å². The lowest BCUT2D eigenvalue weighted by Crippen LogP contribution is -2.47. The molecule has 0 bridgehead atoms. The lowest BCUT2D eigenvalue weighted by Gasteiger charge is -2.39. The largest absolute Gasteiger partial charge is 0.412 e. The van der Waals surface area contributed by atoms with Crippen LogP contribution in [0, 0.1) is 0 Å². The molecule has 2 atom stereocenters. The van der Waals surface area contributed by atoms with Gasteiger partial charge in [-0.2, -0.15) is 0 Å². The van der Waals surface area contributed by atoms with E-state index in [4.69, 9.17) is 10.2 Å². The number of amides is 1. The molecule has 1 saturated heterocycles. The van der Waals surface area contributed by atoms with Crippen LogP contribution in [-0.4, -0.2) is 44.9 Å². The van der Waals surface area contributed by atoms with Crippen molar-refractivity contribution in [3.8, 4) is 0 Å². The number of likely N-dealkylation sites (tertiary alicyclic amines) is 1. The van der Waals surface area contributed by atoms with E-state index in [-0.39, 0.29) is 23.1 Å². The van der Waals surface area contributed by atoms with Crippen molar-refractivity contribution in [2.45, 2.75) is 63.9 Å². The Hall–Kier alpha value is -0.393. The van der Waals surface area contributed by atoms with Gasteiger partial charge in [-0.15, -0.1) is 0 Å². The third kappa shape index (κ3) is 3.55. The highest BCUT2D eigenvalue weighted by atomic mass is 28.4. The van der Waals surface area contributed by atoms with Crippen molar-refractivity contribution in [3.05, 3.63) is 0 Å². The van der Waals surface area contributed by atoms with Gasteiger partial charge in [0.15, 0.2) is 8.32 Å². The number of carbonyl (C=O) groups excluding carboxylic acids is 1. The number of rotatable bonds is 2. The van der Waals surface area contributed by atoms with Gasteiger partial charge in [0.1, 0.15) is 0 Å². The summed E-state index contributed by atoms with van der Waals surface area (Å²) < 4.78 is 6.38. The van der Waals surface area contributed by atoms with Crippen LogP contribution in [0.4, 0.5) is 0 Å². The summed E-state index contributed by atoms with van der Waals surface area (Å²) in [4.78, 5) is 13.5. The van der Waals surface area contributed by atoms with Crippen LogP contribution in [0.15, 0.2) is 0 Å². The van der Waals surface area contributed by atoms with Gasteiger partial charge in [0.2, 0.25) is 5.91 Å². The molecule has 1 heterocycles. The van der Waals surface area contributed by atoms with Gasteiger partial charge in [-0.05, 0) is 31.0 Å². The van der Waals surface area contributed by atoms with Gasteiger partial charge in [-0.25, -0.2) is 0 Å². The number of likely N-dealkylation sites (N-methyl/N-ethyl adjacent to an activating group) is 1. The summed E-state index contributed by atoms with van der Waals surface area (Å²) in [6.45, 7) is 11.9. The van der Waals surface area contributed by atoms with E-state index >= 15 is 0 Å². The predicted molar refractivity (Wildman–Crippen MR) is 76.9 cm³/mol. The van der Waals surface area contributed by atoms with Crippen molar-refractivity contribution in [3.63, 3.8) is 0 Å². The molecule has 1 aliphatic rings. The van der Waals surface area contributed by atoms with Crippen molar-refractivity contribution in [1.82, 2.24) is 4.90 Å². The van der Waals surface area contributed by atoms with Gasteiger partial charge >= 0.3 is 0 Å². The molecule has 5 heteroatoms. The molecule has 1 rings (SSSR count). The van der Waals surface area contributed by atoms with E-state index in [1.54, 1.807) is 4.90 Å². The molecule has 0 saturated carbocycles. The molecule has 1 fully saturated rings. The molecule has 106 valence electrons. The van der Waals surface area contributed by atoms with Gasteiger partial charge in [0.05, 0.1) is 12.1 Å². The van der Waals surface area contributed by atoms with E-state index in [1.165, 1.54) is 0 Å². The molecule has 0 unspecified atom stereocenters. The monoisotopic (exact) mass is 272 g/mol. The highest BCUT2D eigenvalue weighted by molar-refractivity contribution is 6.74. The summed E-state index contributed by atoms with van der Waals surface area (Å²) in [6, 6.07) is -0.358. The Morgan fingerprint density at radius 3 is 2.39 bits per heavy atom. The Balaban J connectivity index is 2.71. The molecular weight excluding hydrogens is 244 g/mol. The molecule has 1 aliphatic heterocycles. The Labute approximate surface area is 112 Å². The van der Waals surface area contributed by atoms with Crippen molar-refractivity contribution in [2.75, 3.05) is 13.6 Å². The molecule has 1 amide bonds. The molecule has 0 aromatic heterocycles. The summed E-state index contributed by atoms with van der Waals surface area (Å²) in [7, 11) is 0.0479. The van der Waals surface area contributed by atoms with Crippen LogP contribution in [0.2, 0.25) is 18.1 Å². The van der Waals surface area contributed by atoms with Crippen LogP contribution in [0.1, 0.15) is 33.6 Å². The van der Waals surface area contributed by atoms with Gasteiger partial charge in [0.25, 0.3) is 0 Å². The van der Waals surface area contributed by atoms with Crippen molar-refractivity contribution >= 4 is 14.2 Å². The van der Waals surface area contributed by atoms with E-state index in [0.29, 0.717) is 6.54 Å². The first-order valence-corrected chi connectivity index (χ1v) is 9.64. The topological polar surface area (TPSA) is 55.6 Å². The molecule has 0 aromatic carbocycles. The standard InChI is InChI=1S/C13H28N2O2Si/c1-13(2,3)18(5,6)17-10-7-8-11(14)12(16)15(4)9-10/h10-11H,7-9,14H2,1-6H3/t10-,11-/m0/s1. The maximum atomic E-state index is 11.8. The van der Waals surface area contributed by atoms with Crippen LogP contribution in [-0.2, 0) is 9.22 Å². The number of carbonyl (C=O) groups is 1. The highest BCUT2D eigenvalue weighted by Crippen LogP contribution is 2.38. The van der Waals surface area contributed by atoms with Crippen LogP contribution < -0.4 is 5.73 Å². The van der Waals surface area contributed by atoms with Gasteiger partial charge in [-0.3, -0.25) is 4.79 Å². The van der Waals surface area contributed by atoms with E-state index < -0.39 is 8.32 Å². The average molecular weight is 272 g/mol. The first-order chi connectivity index (χ1) is 8.04. The zero-order valence-electron chi connectivity index (χ0n) is 12.6. The SMILES string of the molecule is CN1C[C@@H](O[Si](C)(C)C(C)(C)C)CC[C@H](N)C1=O. The third-order valence-electron chi connectivity index (χ3n) is 4.24. The molecule has 0 aromatic rings. The normalized spacial score (nSPS) is 27.3. The minimum atomic E-state index is -1.77. The van der Waals surface area contributed by atoms with Crippen molar-refractivity contribution in [1.29, 1.82) is 0 Å². The first-order valence-electron chi connectivity index (χ1n) is 6.73. The quantitative estimate of drug-likeness (QED) is 0.782. The maximum absolute atomic E-state index is 11.8. The van der Waals surface area contributed by atoms with Gasteiger partial charge in [0, 0.05) is 13.6 Å². The van der Waals surface area contributed by atoms with Crippen LogP contribution in [0.3, 0.4) is 0 Å². The predicted octanol–water partition coefficient (Wildman–Crippen LogP) is 1.96. The number of hydrogen-bond donors (Lipinski definition) is 1. The fraction of sp³-hybridized carbons (Fsp3) is 0.923. The first kappa shape index (κ1) is 15.7. The highest BCUT2D eigenvalue weighted by Gasteiger charge is 2.40. The third-order valence-corrected chi connectivity index (χ3v) is 8.77. The van der Waals surface area contributed by atoms with Crippen molar-refractivity contribution in [2.24, 2.45) is 5.73 Å². The van der Waals surface area contributed by atoms with E-state index in [2.05, 4.69) is 33.9 Å². The zero-order valence-corrected chi connectivity index (χ0v) is 13.6. The second kappa shape index (κ2) is 5.31. The summed E-state index contributed by atoms with van der Waals surface area (Å²) in [6.07, 6.45) is 1.74. The Morgan fingerprint density at radius 1 is 1.33 bits per heavy atom. The van der Waals surface area contributed by atoms with E-state index in [1.807, 2.05) is 7.05 Å². The van der Waals surface area contributed by atoms with E-state index in [9.17, 15) is 4.79 Å². The number of nitrogens with two attached hydrogens (primary N) is 1. The number of nitrogens with zero attached hydrogens (tertiary/aromatic N) is 1. The second-order valence-corrected chi connectivity index (χ2v) is 11.7. The summed E-state index contributed by atoms with van der Waals surface area (Å²) >= 11 is 0. The lowest BCUT2D eigenvalue weighted by molar-refractivity contribution is -0.131. The molecule has 4 nitrogen and oxygen atoms in total. The van der Waals surface area contributed by atoms with Crippen LogP contribution >= 0.6 is 0 Å². The molecule has 18 heavy (non-hydrogen) atoms. The number of hydrogen-bond acceptors (Lipinski definition) is 3. The van der Waals surface area contributed by atoms with E-state index in [0.717, 1.165) is 12.8 Å². The average Bonchev–Trinajstić information content (AvgIpc) is 2.31. The minimum Gasteiger partial charge on any atom is -0.412 e. The summed E-state index contributed by atoms with van der Waals surface area (Å²) in [5.74, 6) is 0.0383. The lowest BCUT2D eigenvalue weighted by atomic mass is 10.1. The minimum absolute atomic E-state index is 0.0383. The fourth-order valence-electron chi connectivity index (χ4n) is 1.95. The fourth-order valence-corrected chi connectivity index (χ4v) is 3.33. The molecule has 0 spiro atoms. The van der Waals surface area contributed by atoms with Crippen molar-refractivity contribution < 1.29 is 9.22 Å². The molecule has 0 aliphatic carbocycles. The Morgan fingerprint density at radius 2 is 1.89 bits per heavy atom. The summed E-state index contributed by atoms with van der Waals surface area (Å²) in [5, 5.41) is 0.198. The van der Waals surface area contributed by atoms with Gasteiger partial charge in [-0.1, -0.05) is 20.8 Å². The summed E-state index contributed by atoms with van der Waals surface area (Å²) in [5.41, 5.74) is 5.85. The Kier molecular flexibility index (Phi) is 4.62. The molecule has 0 radical (unpaired) electrons. The molecule has 2 N–H and O–H groups in total.